The molecule has 1 aromatic rings. The van der Waals surface area contributed by atoms with Crippen LogP contribution in [0.3, 0.4) is 0 Å². The van der Waals surface area contributed by atoms with Crippen molar-refractivity contribution < 1.29 is 13.2 Å². The van der Waals surface area contributed by atoms with Crippen LogP contribution in [0.5, 0.6) is 0 Å². The molecule has 2 aliphatic heterocycles. The Balaban J connectivity index is 1.81. The zero-order chi connectivity index (χ0) is 19.6. The van der Waals surface area contributed by atoms with Gasteiger partial charge in [0.15, 0.2) is 0 Å². The zero-order valence-corrected chi connectivity index (χ0v) is 17.0. The number of hydrogen-bond acceptors (Lipinski definition) is 4. The van der Waals surface area contributed by atoms with Gasteiger partial charge in [-0.05, 0) is 24.8 Å². The molecule has 0 unspecified atom stereocenters. The summed E-state index contributed by atoms with van der Waals surface area (Å²) in [7, 11) is -3.70. The third kappa shape index (κ3) is 4.24. The minimum Gasteiger partial charge on any atom is -0.354 e. The highest BCUT2D eigenvalue weighted by Crippen LogP contribution is 2.33. The Morgan fingerprint density at radius 1 is 1.11 bits per heavy atom. The van der Waals surface area contributed by atoms with E-state index in [1.807, 2.05) is 48.8 Å². The van der Waals surface area contributed by atoms with Gasteiger partial charge in [-0.1, -0.05) is 44.2 Å². The van der Waals surface area contributed by atoms with E-state index in [0.717, 1.165) is 6.42 Å². The van der Waals surface area contributed by atoms with Crippen molar-refractivity contribution in [2.75, 3.05) is 26.2 Å². The molecule has 0 N–H and O–H groups in total. The standard InChI is InChI=1S/C20H27N3O3S/c1-15(2)14-18(24)22-10-7-11-23(13-12-22)20-16(3)19(27(25,26)21-20)17-8-5-4-6-9-17/h4-6,8-9,15H,7,10-14H2,1-3H3. The number of hydrogen-bond donors (Lipinski definition) is 0. The maximum absolute atomic E-state index is 12.7. The summed E-state index contributed by atoms with van der Waals surface area (Å²) in [6.07, 6.45) is 1.35. The molecular formula is C20H27N3O3S. The van der Waals surface area contributed by atoms with E-state index in [4.69, 9.17) is 0 Å². The van der Waals surface area contributed by atoms with Gasteiger partial charge in [-0.3, -0.25) is 4.79 Å². The molecule has 27 heavy (non-hydrogen) atoms. The third-order valence-corrected chi connectivity index (χ3v) is 6.38. The SMILES string of the molecule is CC1=C(c2ccccc2)S(=O)(=O)N=C1N1CCCN(C(=O)CC(C)C)CC1. The quantitative estimate of drug-likeness (QED) is 0.797. The van der Waals surface area contributed by atoms with Crippen LogP contribution in [-0.2, 0) is 14.8 Å². The van der Waals surface area contributed by atoms with Crippen molar-refractivity contribution in [2.45, 2.75) is 33.6 Å². The molecule has 7 heteroatoms. The number of carbonyl (C=O) groups excluding carboxylic acids is 1. The fourth-order valence-corrected chi connectivity index (χ4v) is 5.11. The van der Waals surface area contributed by atoms with Crippen LogP contribution in [0.4, 0.5) is 0 Å². The highest BCUT2D eigenvalue weighted by atomic mass is 32.2. The number of carbonyl (C=O) groups is 1. The first-order valence-corrected chi connectivity index (χ1v) is 10.9. The van der Waals surface area contributed by atoms with Gasteiger partial charge in [0.25, 0.3) is 10.0 Å². The van der Waals surface area contributed by atoms with E-state index in [9.17, 15) is 13.2 Å². The van der Waals surface area contributed by atoms with E-state index in [1.165, 1.54) is 0 Å². The predicted octanol–water partition coefficient (Wildman–Crippen LogP) is 2.74. The number of sulfonamides is 1. The fraction of sp³-hybridized carbons (Fsp3) is 0.500. The van der Waals surface area contributed by atoms with Gasteiger partial charge in [0.05, 0.1) is 0 Å². The van der Waals surface area contributed by atoms with Crippen molar-refractivity contribution in [1.29, 1.82) is 0 Å². The summed E-state index contributed by atoms with van der Waals surface area (Å²) in [4.78, 5) is 16.5. The number of amides is 1. The minimum absolute atomic E-state index is 0.171. The molecule has 6 nitrogen and oxygen atoms in total. The van der Waals surface area contributed by atoms with Gasteiger partial charge in [-0.15, -0.1) is 4.40 Å². The maximum atomic E-state index is 12.7. The van der Waals surface area contributed by atoms with Gasteiger partial charge in [0, 0.05) is 38.2 Å². The van der Waals surface area contributed by atoms with Crippen molar-refractivity contribution in [2.24, 2.45) is 10.3 Å². The molecular weight excluding hydrogens is 362 g/mol. The van der Waals surface area contributed by atoms with Crippen LogP contribution >= 0.6 is 0 Å². The van der Waals surface area contributed by atoms with Crippen LogP contribution in [0, 0.1) is 5.92 Å². The average Bonchev–Trinajstić information content (AvgIpc) is 2.77. The maximum Gasteiger partial charge on any atom is 0.285 e. The fourth-order valence-electron chi connectivity index (χ4n) is 3.63. The second-order valence-electron chi connectivity index (χ2n) is 7.53. The Morgan fingerprint density at radius 2 is 1.81 bits per heavy atom. The molecule has 0 atom stereocenters. The summed E-state index contributed by atoms with van der Waals surface area (Å²) < 4.78 is 29.4. The summed E-state index contributed by atoms with van der Waals surface area (Å²) in [6, 6.07) is 9.11. The van der Waals surface area contributed by atoms with Crippen molar-refractivity contribution in [3.05, 3.63) is 41.5 Å². The van der Waals surface area contributed by atoms with E-state index < -0.39 is 10.0 Å². The molecule has 0 aromatic heterocycles. The first kappa shape index (κ1) is 19.6. The average molecular weight is 390 g/mol. The zero-order valence-electron chi connectivity index (χ0n) is 16.2. The predicted molar refractivity (Wildman–Crippen MR) is 108 cm³/mol. The van der Waals surface area contributed by atoms with Gasteiger partial charge in [-0.25, -0.2) is 0 Å². The molecule has 0 spiro atoms. The number of benzene rings is 1. The third-order valence-electron chi connectivity index (χ3n) is 4.91. The Kier molecular flexibility index (Phi) is 5.69. The van der Waals surface area contributed by atoms with Gasteiger partial charge in [0.1, 0.15) is 10.7 Å². The minimum atomic E-state index is -3.70. The van der Waals surface area contributed by atoms with Crippen LogP contribution < -0.4 is 0 Å². The smallest absolute Gasteiger partial charge is 0.285 e. The van der Waals surface area contributed by atoms with E-state index in [2.05, 4.69) is 4.40 Å². The van der Waals surface area contributed by atoms with E-state index in [-0.39, 0.29) is 10.8 Å². The molecule has 1 fully saturated rings. The summed E-state index contributed by atoms with van der Waals surface area (Å²) >= 11 is 0. The topological polar surface area (TPSA) is 70.1 Å². The molecule has 1 saturated heterocycles. The van der Waals surface area contributed by atoms with Crippen molar-refractivity contribution in [3.63, 3.8) is 0 Å². The molecule has 3 rings (SSSR count). The highest BCUT2D eigenvalue weighted by molar-refractivity contribution is 8.00. The van der Waals surface area contributed by atoms with E-state index >= 15 is 0 Å². The van der Waals surface area contributed by atoms with Crippen LogP contribution in [0.2, 0.25) is 0 Å². The van der Waals surface area contributed by atoms with Gasteiger partial charge < -0.3 is 9.80 Å². The van der Waals surface area contributed by atoms with Crippen molar-refractivity contribution >= 4 is 26.7 Å². The molecule has 2 heterocycles. The molecule has 146 valence electrons. The lowest BCUT2D eigenvalue weighted by atomic mass is 10.1. The largest absolute Gasteiger partial charge is 0.354 e. The van der Waals surface area contributed by atoms with Gasteiger partial charge in [-0.2, -0.15) is 8.42 Å². The van der Waals surface area contributed by atoms with Crippen LogP contribution in [0.15, 0.2) is 40.3 Å². The van der Waals surface area contributed by atoms with E-state index in [1.54, 1.807) is 12.1 Å². The second-order valence-corrected chi connectivity index (χ2v) is 9.07. The summed E-state index contributed by atoms with van der Waals surface area (Å²) in [5, 5.41) is 0. The Hall–Kier alpha value is -2.15. The summed E-state index contributed by atoms with van der Waals surface area (Å²) in [5.41, 5.74) is 1.35. The lowest BCUT2D eigenvalue weighted by molar-refractivity contribution is -0.131. The first-order chi connectivity index (χ1) is 12.8. The van der Waals surface area contributed by atoms with Gasteiger partial charge in [0.2, 0.25) is 5.91 Å². The Bertz CT molecular complexity index is 873. The Labute approximate surface area is 161 Å². The lowest BCUT2D eigenvalue weighted by Gasteiger charge is -2.24. The second kappa shape index (κ2) is 7.84. The van der Waals surface area contributed by atoms with Crippen molar-refractivity contribution in [3.8, 4) is 0 Å². The molecule has 0 saturated carbocycles. The van der Waals surface area contributed by atoms with Crippen LogP contribution in [0.25, 0.3) is 4.91 Å². The van der Waals surface area contributed by atoms with Gasteiger partial charge >= 0.3 is 0 Å². The monoisotopic (exact) mass is 389 g/mol. The number of rotatable bonds is 3. The molecule has 1 aromatic carbocycles. The Morgan fingerprint density at radius 3 is 2.48 bits per heavy atom. The molecule has 2 aliphatic rings. The van der Waals surface area contributed by atoms with Crippen LogP contribution in [0.1, 0.15) is 39.2 Å². The number of amidine groups is 1. The summed E-state index contributed by atoms with van der Waals surface area (Å²) in [5.74, 6) is 1.02. The molecule has 0 aliphatic carbocycles. The summed E-state index contributed by atoms with van der Waals surface area (Å²) in [6.45, 7) is 8.49. The lowest BCUT2D eigenvalue weighted by Crippen LogP contribution is -2.37. The molecule has 0 bridgehead atoms. The first-order valence-electron chi connectivity index (χ1n) is 9.44. The number of nitrogens with zero attached hydrogens (tertiary/aromatic N) is 3. The molecule has 0 radical (unpaired) electrons. The highest BCUT2D eigenvalue weighted by Gasteiger charge is 2.34. The van der Waals surface area contributed by atoms with E-state index in [0.29, 0.717) is 55.5 Å². The van der Waals surface area contributed by atoms with Crippen molar-refractivity contribution in [1.82, 2.24) is 9.80 Å². The van der Waals surface area contributed by atoms with Crippen LogP contribution in [-0.4, -0.2) is 56.1 Å². The molecule has 1 amide bonds. The normalized spacial score (nSPS) is 20.1.